The number of aryl methyl sites for hydroxylation is 2. The van der Waals surface area contributed by atoms with Gasteiger partial charge in [0.25, 0.3) is 11.8 Å². The van der Waals surface area contributed by atoms with Crippen molar-refractivity contribution in [3.05, 3.63) is 93.8 Å². The second kappa shape index (κ2) is 8.02. The molecule has 0 saturated heterocycles. The summed E-state index contributed by atoms with van der Waals surface area (Å²) in [5.41, 5.74) is 3.34. The normalized spacial score (nSPS) is 12.8. The van der Waals surface area contributed by atoms with Crippen molar-refractivity contribution in [1.29, 1.82) is 0 Å². The standard InChI is InChI=1S/C24H20N2O5/c1-14-10-19(15(2)25-14)21(27)13-31-24(30)17-8-9-18-20(11-17)23(29)26(22(18)28)12-16-6-4-3-5-7-16/h3-11,25H,12-13H2,1-2H3. The molecule has 0 aliphatic carbocycles. The van der Waals surface area contributed by atoms with Crippen LogP contribution in [0.3, 0.4) is 0 Å². The number of esters is 1. The van der Waals surface area contributed by atoms with Crippen molar-refractivity contribution < 1.29 is 23.9 Å². The van der Waals surface area contributed by atoms with Gasteiger partial charge in [0.1, 0.15) is 0 Å². The summed E-state index contributed by atoms with van der Waals surface area (Å²) < 4.78 is 5.14. The minimum atomic E-state index is -0.734. The predicted octanol–water partition coefficient (Wildman–Crippen LogP) is 3.47. The number of carbonyl (C=O) groups is 4. The molecule has 156 valence electrons. The van der Waals surface area contributed by atoms with Gasteiger partial charge in [-0.25, -0.2) is 4.79 Å². The number of aromatic nitrogens is 1. The van der Waals surface area contributed by atoms with E-state index in [-0.39, 0.29) is 29.0 Å². The fourth-order valence-electron chi connectivity index (χ4n) is 3.63. The number of nitrogens with one attached hydrogen (secondary N) is 1. The SMILES string of the molecule is Cc1cc(C(=O)COC(=O)c2ccc3c(c2)C(=O)N(Cc2ccccc2)C3=O)c(C)[nH]1. The first-order valence-corrected chi connectivity index (χ1v) is 9.76. The van der Waals surface area contributed by atoms with E-state index in [0.717, 1.165) is 16.2 Å². The number of carbonyl (C=O) groups excluding carboxylic acids is 4. The van der Waals surface area contributed by atoms with Gasteiger partial charge >= 0.3 is 5.97 Å². The van der Waals surface area contributed by atoms with Crippen LogP contribution in [-0.4, -0.2) is 40.1 Å². The monoisotopic (exact) mass is 416 g/mol. The van der Waals surface area contributed by atoms with Crippen molar-refractivity contribution in [3.63, 3.8) is 0 Å². The quantitative estimate of drug-likeness (QED) is 0.377. The number of ketones is 1. The second-order valence-electron chi connectivity index (χ2n) is 7.43. The maximum atomic E-state index is 12.8. The average molecular weight is 416 g/mol. The molecule has 2 amide bonds. The van der Waals surface area contributed by atoms with E-state index in [2.05, 4.69) is 4.98 Å². The number of hydrogen-bond donors (Lipinski definition) is 1. The van der Waals surface area contributed by atoms with E-state index >= 15 is 0 Å². The highest BCUT2D eigenvalue weighted by Gasteiger charge is 2.36. The Hall–Kier alpha value is -4.00. The molecule has 0 fully saturated rings. The third-order valence-corrected chi connectivity index (χ3v) is 5.17. The van der Waals surface area contributed by atoms with Crippen molar-refractivity contribution in [2.24, 2.45) is 0 Å². The molecule has 7 nitrogen and oxygen atoms in total. The van der Waals surface area contributed by atoms with Crippen LogP contribution >= 0.6 is 0 Å². The van der Waals surface area contributed by atoms with E-state index in [1.165, 1.54) is 18.2 Å². The number of fused-ring (bicyclic) bond motifs is 1. The van der Waals surface area contributed by atoms with E-state index < -0.39 is 24.4 Å². The average Bonchev–Trinajstić information content (AvgIpc) is 3.23. The number of hydrogen-bond acceptors (Lipinski definition) is 5. The molecule has 1 aliphatic rings. The molecule has 0 spiro atoms. The van der Waals surface area contributed by atoms with Crippen LogP contribution < -0.4 is 0 Å². The molecule has 2 aromatic carbocycles. The Morgan fingerprint density at radius 2 is 1.65 bits per heavy atom. The Bertz CT molecular complexity index is 1210. The van der Waals surface area contributed by atoms with E-state index in [9.17, 15) is 19.2 Å². The number of rotatable bonds is 6. The number of ether oxygens (including phenoxy) is 1. The van der Waals surface area contributed by atoms with Gasteiger partial charge in [-0.3, -0.25) is 19.3 Å². The molecule has 1 N–H and O–H groups in total. The van der Waals surface area contributed by atoms with E-state index in [0.29, 0.717) is 11.3 Å². The lowest BCUT2D eigenvalue weighted by atomic mass is 10.1. The maximum absolute atomic E-state index is 12.8. The number of benzene rings is 2. The van der Waals surface area contributed by atoms with Gasteiger partial charge in [0.2, 0.25) is 5.78 Å². The highest BCUT2D eigenvalue weighted by atomic mass is 16.5. The van der Waals surface area contributed by atoms with Crippen LogP contribution in [0.5, 0.6) is 0 Å². The molecule has 1 aliphatic heterocycles. The molecule has 0 saturated carbocycles. The van der Waals surface area contributed by atoms with E-state index in [4.69, 9.17) is 4.74 Å². The molecule has 0 unspecified atom stereocenters. The smallest absolute Gasteiger partial charge is 0.338 e. The fraction of sp³-hybridized carbons (Fsp3) is 0.167. The zero-order valence-electron chi connectivity index (χ0n) is 17.1. The largest absolute Gasteiger partial charge is 0.454 e. The Balaban J connectivity index is 1.47. The van der Waals surface area contributed by atoms with Gasteiger partial charge in [-0.15, -0.1) is 0 Å². The lowest BCUT2D eigenvalue weighted by Gasteiger charge is -2.13. The van der Waals surface area contributed by atoms with Gasteiger partial charge < -0.3 is 9.72 Å². The van der Waals surface area contributed by atoms with Crippen LogP contribution in [0.4, 0.5) is 0 Å². The minimum absolute atomic E-state index is 0.108. The van der Waals surface area contributed by atoms with Gasteiger partial charge in [0.15, 0.2) is 6.61 Å². The number of H-pyrrole nitrogens is 1. The topological polar surface area (TPSA) is 96.5 Å². The molecule has 7 heteroatoms. The zero-order valence-corrected chi connectivity index (χ0v) is 17.1. The summed E-state index contributed by atoms with van der Waals surface area (Å²) in [6.45, 7) is 3.34. The van der Waals surface area contributed by atoms with E-state index in [1.54, 1.807) is 13.0 Å². The summed E-state index contributed by atoms with van der Waals surface area (Å²) in [6, 6.07) is 15.1. The molecule has 1 aromatic heterocycles. The highest BCUT2D eigenvalue weighted by molar-refractivity contribution is 6.21. The van der Waals surface area contributed by atoms with E-state index in [1.807, 2.05) is 37.3 Å². The number of nitrogens with zero attached hydrogens (tertiary/aromatic N) is 1. The van der Waals surface area contributed by atoms with Crippen LogP contribution in [-0.2, 0) is 11.3 Å². The van der Waals surface area contributed by atoms with Crippen molar-refractivity contribution in [2.45, 2.75) is 20.4 Å². The first-order chi connectivity index (χ1) is 14.8. The van der Waals surface area contributed by atoms with Crippen LogP contribution in [0.2, 0.25) is 0 Å². The first kappa shape index (κ1) is 20.3. The number of amides is 2. The van der Waals surface area contributed by atoms with Crippen LogP contribution in [0.25, 0.3) is 0 Å². The summed E-state index contributed by atoms with van der Waals surface area (Å²) >= 11 is 0. The summed E-state index contributed by atoms with van der Waals surface area (Å²) in [5.74, 6) is -1.93. The van der Waals surface area contributed by atoms with Crippen molar-refractivity contribution in [1.82, 2.24) is 9.88 Å². The van der Waals surface area contributed by atoms with Crippen LogP contribution in [0.15, 0.2) is 54.6 Å². The molecule has 31 heavy (non-hydrogen) atoms. The van der Waals surface area contributed by atoms with Crippen LogP contribution in [0, 0.1) is 13.8 Å². The summed E-state index contributed by atoms with van der Waals surface area (Å²) in [7, 11) is 0. The van der Waals surface area contributed by atoms with Crippen LogP contribution in [0.1, 0.15) is 58.4 Å². The molecule has 4 rings (SSSR count). The molecule has 0 atom stereocenters. The number of aromatic amines is 1. The lowest BCUT2D eigenvalue weighted by Crippen LogP contribution is -2.29. The fourth-order valence-corrected chi connectivity index (χ4v) is 3.63. The van der Waals surface area contributed by atoms with Gasteiger partial charge in [-0.1, -0.05) is 30.3 Å². The number of Topliss-reactive ketones (excluding diaryl/α,β-unsaturated/α-hetero) is 1. The Morgan fingerprint density at radius 3 is 2.32 bits per heavy atom. The lowest BCUT2D eigenvalue weighted by molar-refractivity contribution is 0.0474. The number of imide groups is 1. The maximum Gasteiger partial charge on any atom is 0.338 e. The molecule has 3 aromatic rings. The highest BCUT2D eigenvalue weighted by Crippen LogP contribution is 2.26. The second-order valence-corrected chi connectivity index (χ2v) is 7.43. The predicted molar refractivity (Wildman–Crippen MR) is 112 cm³/mol. The molecular weight excluding hydrogens is 396 g/mol. The van der Waals surface area contributed by atoms with Crippen molar-refractivity contribution in [3.8, 4) is 0 Å². The molecular formula is C24H20N2O5. The van der Waals surface area contributed by atoms with Gasteiger partial charge in [0.05, 0.1) is 23.2 Å². The summed E-state index contributed by atoms with van der Waals surface area (Å²) in [6.07, 6.45) is 0. The minimum Gasteiger partial charge on any atom is -0.454 e. The van der Waals surface area contributed by atoms with Crippen molar-refractivity contribution >= 4 is 23.6 Å². The first-order valence-electron chi connectivity index (χ1n) is 9.76. The van der Waals surface area contributed by atoms with Gasteiger partial charge in [0, 0.05) is 17.0 Å². The summed E-state index contributed by atoms with van der Waals surface area (Å²) in [4.78, 5) is 54.3. The summed E-state index contributed by atoms with van der Waals surface area (Å²) in [5, 5.41) is 0. The Labute approximate surface area is 178 Å². The Morgan fingerprint density at radius 1 is 0.935 bits per heavy atom. The zero-order chi connectivity index (χ0) is 22.1. The molecule has 2 heterocycles. The third kappa shape index (κ3) is 3.90. The van der Waals surface area contributed by atoms with Gasteiger partial charge in [-0.2, -0.15) is 0 Å². The molecule has 0 radical (unpaired) electrons. The Kier molecular flexibility index (Phi) is 5.25. The van der Waals surface area contributed by atoms with Crippen molar-refractivity contribution in [2.75, 3.05) is 6.61 Å². The molecule has 0 bridgehead atoms. The third-order valence-electron chi connectivity index (χ3n) is 5.17. The van der Waals surface area contributed by atoms with Gasteiger partial charge in [-0.05, 0) is 43.7 Å².